The molecule has 0 aromatic heterocycles. The Kier molecular flexibility index (Phi) is 9.16. The van der Waals surface area contributed by atoms with Gasteiger partial charge in [-0.05, 0) is 20.5 Å². The summed E-state index contributed by atoms with van der Waals surface area (Å²) in [5, 5.41) is 18.4. The molecule has 0 heterocycles. The third-order valence-corrected chi connectivity index (χ3v) is 3.32. The van der Waals surface area contributed by atoms with E-state index in [1.54, 1.807) is 11.8 Å². The average molecular weight is 288 g/mol. The molecule has 0 rings (SSSR count). The Morgan fingerprint density at radius 2 is 1.70 bits per heavy atom. The van der Waals surface area contributed by atoms with E-state index in [-0.39, 0.29) is 6.54 Å². The fourth-order valence-corrected chi connectivity index (χ4v) is 1.99. The van der Waals surface area contributed by atoms with Crippen molar-refractivity contribution in [1.29, 1.82) is 0 Å². The summed E-state index contributed by atoms with van der Waals surface area (Å²) < 4.78 is 0. The van der Waals surface area contributed by atoms with Crippen LogP contribution in [0, 0.1) is 5.92 Å². The van der Waals surface area contributed by atoms with E-state index in [0.717, 1.165) is 12.8 Å². The molecule has 0 spiro atoms. The third kappa shape index (κ3) is 7.45. The summed E-state index contributed by atoms with van der Waals surface area (Å²) in [6.07, 6.45) is 2.32. The standard InChI is InChI=1S/C14H28N2O4/c1-5-6-7-12(14(19)20)16(9-8-15(3)4)10-11(2)13(17)18/h11-12H,5-10H2,1-4H3,(H,17,18)(H,19,20). The van der Waals surface area contributed by atoms with Crippen molar-refractivity contribution in [2.75, 3.05) is 33.7 Å². The highest BCUT2D eigenvalue weighted by Gasteiger charge is 2.27. The van der Waals surface area contributed by atoms with Crippen molar-refractivity contribution in [3.05, 3.63) is 0 Å². The topological polar surface area (TPSA) is 81.1 Å². The van der Waals surface area contributed by atoms with E-state index in [4.69, 9.17) is 5.11 Å². The number of carboxylic acid groups (broad SMARTS) is 2. The van der Waals surface area contributed by atoms with Crippen LogP contribution in [0.3, 0.4) is 0 Å². The molecule has 0 saturated carbocycles. The molecular weight excluding hydrogens is 260 g/mol. The molecule has 20 heavy (non-hydrogen) atoms. The first-order valence-corrected chi connectivity index (χ1v) is 7.14. The second-order valence-corrected chi connectivity index (χ2v) is 5.53. The SMILES string of the molecule is CCCCC(C(=O)O)N(CCN(C)C)CC(C)C(=O)O. The van der Waals surface area contributed by atoms with Crippen molar-refractivity contribution in [1.82, 2.24) is 9.80 Å². The molecule has 0 bridgehead atoms. The van der Waals surface area contributed by atoms with Crippen LogP contribution in [0.15, 0.2) is 0 Å². The third-order valence-electron chi connectivity index (χ3n) is 3.32. The molecule has 2 unspecified atom stereocenters. The van der Waals surface area contributed by atoms with Crippen molar-refractivity contribution in [3.63, 3.8) is 0 Å². The second kappa shape index (κ2) is 9.72. The number of rotatable bonds is 11. The molecule has 0 aromatic carbocycles. The Bertz CT molecular complexity index is 308. The van der Waals surface area contributed by atoms with E-state index >= 15 is 0 Å². The van der Waals surface area contributed by atoms with E-state index in [9.17, 15) is 14.7 Å². The molecule has 2 N–H and O–H groups in total. The van der Waals surface area contributed by atoms with E-state index < -0.39 is 23.9 Å². The molecule has 0 aliphatic heterocycles. The first-order chi connectivity index (χ1) is 9.29. The fraction of sp³-hybridized carbons (Fsp3) is 0.857. The minimum atomic E-state index is -0.889. The maximum absolute atomic E-state index is 11.4. The first kappa shape index (κ1) is 18.9. The van der Waals surface area contributed by atoms with Crippen molar-refractivity contribution in [3.8, 4) is 0 Å². The quantitative estimate of drug-likeness (QED) is 0.595. The van der Waals surface area contributed by atoms with Gasteiger partial charge in [-0.15, -0.1) is 0 Å². The van der Waals surface area contributed by atoms with Gasteiger partial charge < -0.3 is 15.1 Å². The van der Waals surface area contributed by atoms with Crippen LogP contribution in [0.5, 0.6) is 0 Å². The van der Waals surface area contributed by atoms with Crippen LogP contribution in [0.1, 0.15) is 33.1 Å². The van der Waals surface area contributed by atoms with Gasteiger partial charge in [0.1, 0.15) is 6.04 Å². The van der Waals surface area contributed by atoms with Crippen LogP contribution in [-0.4, -0.2) is 71.7 Å². The summed E-state index contributed by atoms with van der Waals surface area (Å²) in [6.45, 7) is 5.17. The zero-order valence-electron chi connectivity index (χ0n) is 13.0. The molecule has 0 aliphatic carbocycles. The summed E-state index contributed by atoms with van der Waals surface area (Å²) >= 11 is 0. The summed E-state index contributed by atoms with van der Waals surface area (Å²) in [5.41, 5.74) is 0. The van der Waals surface area contributed by atoms with Gasteiger partial charge >= 0.3 is 11.9 Å². The van der Waals surface area contributed by atoms with Gasteiger partial charge in [0.05, 0.1) is 5.92 Å². The molecule has 6 nitrogen and oxygen atoms in total. The number of carboxylic acids is 2. The monoisotopic (exact) mass is 288 g/mol. The van der Waals surface area contributed by atoms with Crippen molar-refractivity contribution < 1.29 is 19.8 Å². The van der Waals surface area contributed by atoms with Crippen LogP contribution in [0.25, 0.3) is 0 Å². The van der Waals surface area contributed by atoms with Crippen molar-refractivity contribution in [2.45, 2.75) is 39.2 Å². The van der Waals surface area contributed by atoms with Crippen molar-refractivity contribution >= 4 is 11.9 Å². The highest BCUT2D eigenvalue weighted by molar-refractivity contribution is 5.74. The summed E-state index contributed by atoms with van der Waals surface area (Å²) in [4.78, 5) is 26.2. The molecule has 2 atom stereocenters. The van der Waals surface area contributed by atoms with Gasteiger partial charge in [0.2, 0.25) is 0 Å². The number of likely N-dealkylation sites (N-methyl/N-ethyl adjacent to an activating group) is 1. The molecule has 0 aliphatic rings. The molecular formula is C14H28N2O4. The zero-order valence-corrected chi connectivity index (χ0v) is 13.0. The van der Waals surface area contributed by atoms with E-state index in [1.807, 2.05) is 25.9 Å². The summed E-state index contributed by atoms with van der Waals surface area (Å²) in [5.74, 6) is -2.32. The predicted molar refractivity (Wildman–Crippen MR) is 77.9 cm³/mol. The molecule has 118 valence electrons. The minimum Gasteiger partial charge on any atom is -0.481 e. The van der Waals surface area contributed by atoms with E-state index in [0.29, 0.717) is 19.5 Å². The number of nitrogens with zero attached hydrogens (tertiary/aromatic N) is 2. The maximum Gasteiger partial charge on any atom is 0.320 e. The number of hydrogen-bond acceptors (Lipinski definition) is 4. The van der Waals surface area contributed by atoms with Crippen LogP contribution in [0.2, 0.25) is 0 Å². The molecule has 6 heteroatoms. The number of aliphatic carboxylic acids is 2. The van der Waals surface area contributed by atoms with Gasteiger partial charge in [-0.25, -0.2) is 0 Å². The molecule has 0 aromatic rings. The number of carbonyl (C=O) groups is 2. The highest BCUT2D eigenvalue weighted by atomic mass is 16.4. The maximum atomic E-state index is 11.4. The van der Waals surface area contributed by atoms with Crippen LogP contribution >= 0.6 is 0 Å². The van der Waals surface area contributed by atoms with E-state index in [1.165, 1.54) is 0 Å². The Morgan fingerprint density at radius 1 is 1.10 bits per heavy atom. The van der Waals surface area contributed by atoms with Gasteiger partial charge in [0, 0.05) is 19.6 Å². The molecule has 0 amide bonds. The normalized spacial score (nSPS) is 14.5. The second-order valence-electron chi connectivity index (χ2n) is 5.53. The van der Waals surface area contributed by atoms with Crippen LogP contribution < -0.4 is 0 Å². The van der Waals surface area contributed by atoms with Gasteiger partial charge in [-0.3, -0.25) is 14.5 Å². The average Bonchev–Trinajstić information content (AvgIpc) is 2.34. The minimum absolute atomic E-state index is 0.268. The Hall–Kier alpha value is -1.14. The Morgan fingerprint density at radius 3 is 2.10 bits per heavy atom. The Balaban J connectivity index is 4.82. The molecule has 0 saturated heterocycles. The van der Waals surface area contributed by atoms with Crippen LogP contribution in [-0.2, 0) is 9.59 Å². The zero-order chi connectivity index (χ0) is 15.7. The van der Waals surface area contributed by atoms with Gasteiger partial charge in [0.15, 0.2) is 0 Å². The first-order valence-electron chi connectivity index (χ1n) is 7.14. The van der Waals surface area contributed by atoms with Crippen molar-refractivity contribution in [2.24, 2.45) is 5.92 Å². The Labute approximate surface area is 121 Å². The predicted octanol–water partition coefficient (Wildman–Crippen LogP) is 1.21. The van der Waals surface area contributed by atoms with Gasteiger partial charge in [-0.1, -0.05) is 26.7 Å². The smallest absolute Gasteiger partial charge is 0.320 e. The molecule has 0 radical (unpaired) electrons. The summed E-state index contributed by atoms with van der Waals surface area (Å²) in [6, 6.07) is -0.600. The lowest BCUT2D eigenvalue weighted by Crippen LogP contribution is -2.47. The summed E-state index contributed by atoms with van der Waals surface area (Å²) in [7, 11) is 3.83. The van der Waals surface area contributed by atoms with Crippen LogP contribution in [0.4, 0.5) is 0 Å². The van der Waals surface area contributed by atoms with Gasteiger partial charge in [-0.2, -0.15) is 0 Å². The van der Waals surface area contributed by atoms with E-state index in [2.05, 4.69) is 0 Å². The lowest BCUT2D eigenvalue weighted by Gasteiger charge is -2.31. The highest BCUT2D eigenvalue weighted by Crippen LogP contribution is 2.12. The van der Waals surface area contributed by atoms with Gasteiger partial charge in [0.25, 0.3) is 0 Å². The lowest BCUT2D eigenvalue weighted by molar-refractivity contribution is -0.147. The largest absolute Gasteiger partial charge is 0.481 e. The number of unbranched alkanes of at least 4 members (excludes halogenated alkanes) is 1. The number of hydrogen-bond donors (Lipinski definition) is 2. The lowest BCUT2D eigenvalue weighted by atomic mass is 10.1. The fourth-order valence-electron chi connectivity index (χ4n) is 1.99. The molecule has 0 fully saturated rings.